The molecule has 18 heavy (non-hydrogen) atoms. The molecule has 0 aliphatic carbocycles. The smallest absolute Gasteiger partial charge is 0.240 e. The molecule has 1 heterocycles. The average molecular weight is 253 g/mol. The van der Waals surface area contributed by atoms with E-state index in [1.807, 2.05) is 0 Å². The molecule has 0 aliphatic heterocycles. The SMILES string of the molecule is [N-]=[N+]=Nc1ccc(-n2cc(C(F)(F)F)cn2)cc1. The molecule has 0 spiro atoms. The van der Waals surface area contributed by atoms with Crippen molar-refractivity contribution in [3.8, 4) is 5.69 Å². The van der Waals surface area contributed by atoms with Gasteiger partial charge < -0.3 is 0 Å². The third kappa shape index (κ3) is 2.44. The topological polar surface area (TPSA) is 66.6 Å². The Morgan fingerprint density at radius 3 is 2.39 bits per heavy atom. The van der Waals surface area contributed by atoms with Gasteiger partial charge in [-0.3, -0.25) is 0 Å². The predicted molar refractivity (Wildman–Crippen MR) is 57.4 cm³/mol. The van der Waals surface area contributed by atoms with Gasteiger partial charge in [0.25, 0.3) is 0 Å². The maximum absolute atomic E-state index is 12.4. The lowest BCUT2D eigenvalue weighted by atomic mass is 10.3. The monoisotopic (exact) mass is 253 g/mol. The molecule has 0 amide bonds. The van der Waals surface area contributed by atoms with Crippen LogP contribution in [0.15, 0.2) is 41.8 Å². The summed E-state index contributed by atoms with van der Waals surface area (Å²) in [4.78, 5) is 2.60. The number of azide groups is 1. The summed E-state index contributed by atoms with van der Waals surface area (Å²) >= 11 is 0. The first-order chi connectivity index (χ1) is 8.50. The van der Waals surface area contributed by atoms with E-state index in [1.54, 1.807) is 0 Å². The number of hydrogen-bond acceptors (Lipinski definition) is 2. The van der Waals surface area contributed by atoms with Gasteiger partial charge in [0.2, 0.25) is 0 Å². The molecule has 1 aromatic carbocycles. The highest BCUT2D eigenvalue weighted by Gasteiger charge is 2.32. The molecule has 2 aromatic rings. The van der Waals surface area contributed by atoms with Gasteiger partial charge in [0.15, 0.2) is 0 Å². The highest BCUT2D eigenvalue weighted by molar-refractivity contribution is 5.44. The molecule has 0 saturated heterocycles. The lowest BCUT2D eigenvalue weighted by Crippen LogP contribution is -2.02. The zero-order valence-corrected chi connectivity index (χ0v) is 8.83. The normalized spacial score (nSPS) is 11.1. The number of rotatable bonds is 2. The van der Waals surface area contributed by atoms with E-state index in [9.17, 15) is 13.2 Å². The molecule has 8 heteroatoms. The number of nitrogens with zero attached hydrogens (tertiary/aromatic N) is 5. The van der Waals surface area contributed by atoms with Crippen molar-refractivity contribution < 1.29 is 13.2 Å². The van der Waals surface area contributed by atoms with Gasteiger partial charge in [-0.2, -0.15) is 18.3 Å². The summed E-state index contributed by atoms with van der Waals surface area (Å²) in [6.45, 7) is 0. The Labute approximate surface area is 99.1 Å². The molecule has 0 unspecified atom stereocenters. The van der Waals surface area contributed by atoms with E-state index in [0.29, 0.717) is 11.4 Å². The molecule has 0 aliphatic rings. The van der Waals surface area contributed by atoms with E-state index in [2.05, 4.69) is 15.1 Å². The van der Waals surface area contributed by atoms with Crippen LogP contribution in [0.5, 0.6) is 0 Å². The second-order valence-corrected chi connectivity index (χ2v) is 3.38. The van der Waals surface area contributed by atoms with Gasteiger partial charge in [0.05, 0.1) is 17.4 Å². The summed E-state index contributed by atoms with van der Waals surface area (Å²) < 4.78 is 38.2. The van der Waals surface area contributed by atoms with Crippen molar-refractivity contribution in [2.75, 3.05) is 0 Å². The van der Waals surface area contributed by atoms with Gasteiger partial charge >= 0.3 is 6.18 Å². The lowest BCUT2D eigenvalue weighted by molar-refractivity contribution is -0.137. The predicted octanol–water partition coefficient (Wildman–Crippen LogP) is 3.83. The Bertz CT molecular complexity index is 593. The fourth-order valence-electron chi connectivity index (χ4n) is 1.33. The van der Waals surface area contributed by atoms with E-state index in [1.165, 1.54) is 24.3 Å². The van der Waals surface area contributed by atoms with Crippen LogP contribution in [0.2, 0.25) is 0 Å². The summed E-state index contributed by atoms with van der Waals surface area (Å²) in [6, 6.07) is 6.00. The first-order valence-electron chi connectivity index (χ1n) is 4.78. The maximum atomic E-state index is 12.4. The largest absolute Gasteiger partial charge is 0.419 e. The highest BCUT2D eigenvalue weighted by atomic mass is 19.4. The van der Waals surface area contributed by atoms with E-state index < -0.39 is 11.7 Å². The van der Waals surface area contributed by atoms with Gasteiger partial charge in [-0.15, -0.1) is 0 Å². The van der Waals surface area contributed by atoms with Gasteiger partial charge in [-0.05, 0) is 17.7 Å². The quantitative estimate of drug-likeness (QED) is 0.455. The number of benzene rings is 1. The van der Waals surface area contributed by atoms with Crippen molar-refractivity contribution in [1.29, 1.82) is 0 Å². The van der Waals surface area contributed by atoms with Gasteiger partial charge in [-0.1, -0.05) is 17.2 Å². The number of aromatic nitrogens is 2. The molecular formula is C10H6F3N5. The van der Waals surface area contributed by atoms with Crippen LogP contribution < -0.4 is 0 Å². The molecule has 0 atom stereocenters. The minimum Gasteiger partial charge on any atom is -0.240 e. The molecule has 1 aromatic heterocycles. The summed E-state index contributed by atoms with van der Waals surface area (Å²) in [5.74, 6) is 0. The van der Waals surface area contributed by atoms with Gasteiger partial charge in [0, 0.05) is 16.8 Å². The third-order valence-corrected chi connectivity index (χ3v) is 2.18. The summed E-state index contributed by atoms with van der Waals surface area (Å²) in [5, 5.41) is 6.98. The van der Waals surface area contributed by atoms with Crippen molar-refractivity contribution in [3.63, 3.8) is 0 Å². The molecule has 92 valence electrons. The molecule has 0 radical (unpaired) electrons. The zero-order valence-electron chi connectivity index (χ0n) is 8.83. The van der Waals surface area contributed by atoms with Crippen LogP contribution in [0.3, 0.4) is 0 Å². The highest BCUT2D eigenvalue weighted by Crippen LogP contribution is 2.29. The van der Waals surface area contributed by atoms with Crippen LogP contribution in [-0.4, -0.2) is 9.78 Å². The molecular weight excluding hydrogens is 247 g/mol. The molecule has 2 rings (SSSR count). The minimum absolute atomic E-state index is 0.379. The van der Waals surface area contributed by atoms with Gasteiger partial charge in [0.1, 0.15) is 0 Å². The van der Waals surface area contributed by atoms with Crippen LogP contribution in [0.25, 0.3) is 16.1 Å². The molecule has 0 bridgehead atoms. The first-order valence-corrected chi connectivity index (χ1v) is 4.78. The Morgan fingerprint density at radius 2 is 1.89 bits per heavy atom. The standard InChI is InChI=1S/C10H6F3N5/c11-10(12,13)7-5-15-18(6-7)9-3-1-8(2-4-9)16-17-14/h1-6H. The van der Waals surface area contributed by atoms with E-state index >= 15 is 0 Å². The molecule has 0 fully saturated rings. The summed E-state index contributed by atoms with van der Waals surface area (Å²) in [6.07, 6.45) is -2.77. The van der Waals surface area contributed by atoms with Gasteiger partial charge in [-0.25, -0.2) is 4.68 Å². The van der Waals surface area contributed by atoms with Crippen LogP contribution in [0.4, 0.5) is 18.9 Å². The van der Waals surface area contributed by atoms with Crippen molar-refractivity contribution in [2.45, 2.75) is 6.18 Å². The van der Waals surface area contributed by atoms with Crippen molar-refractivity contribution in [1.82, 2.24) is 9.78 Å². The minimum atomic E-state index is -4.41. The fraction of sp³-hybridized carbons (Fsp3) is 0.100. The number of hydrogen-bond donors (Lipinski definition) is 0. The molecule has 5 nitrogen and oxygen atoms in total. The van der Waals surface area contributed by atoms with Crippen LogP contribution in [0.1, 0.15) is 5.56 Å². The summed E-state index contributed by atoms with van der Waals surface area (Å²) in [5.41, 5.74) is 8.22. The number of halogens is 3. The maximum Gasteiger partial charge on any atom is 0.419 e. The van der Waals surface area contributed by atoms with Crippen molar-refractivity contribution >= 4 is 5.69 Å². The second-order valence-electron chi connectivity index (χ2n) is 3.38. The average Bonchev–Trinajstić information content (AvgIpc) is 2.79. The Kier molecular flexibility index (Phi) is 2.95. The van der Waals surface area contributed by atoms with Crippen molar-refractivity contribution in [3.05, 3.63) is 52.7 Å². The van der Waals surface area contributed by atoms with Crippen molar-refractivity contribution in [2.24, 2.45) is 5.11 Å². The van der Waals surface area contributed by atoms with E-state index in [4.69, 9.17) is 5.53 Å². The Hall–Kier alpha value is -2.47. The lowest BCUT2D eigenvalue weighted by Gasteiger charge is -2.02. The number of alkyl halides is 3. The van der Waals surface area contributed by atoms with Crippen LogP contribution >= 0.6 is 0 Å². The third-order valence-electron chi connectivity index (χ3n) is 2.18. The van der Waals surface area contributed by atoms with Crippen LogP contribution in [0, 0.1) is 0 Å². The molecule has 0 saturated carbocycles. The Balaban J connectivity index is 2.32. The summed E-state index contributed by atoms with van der Waals surface area (Å²) in [7, 11) is 0. The second kappa shape index (κ2) is 4.42. The fourth-order valence-corrected chi connectivity index (χ4v) is 1.33. The van der Waals surface area contributed by atoms with Crippen LogP contribution in [-0.2, 0) is 6.18 Å². The van der Waals surface area contributed by atoms with E-state index in [0.717, 1.165) is 17.1 Å². The molecule has 0 N–H and O–H groups in total. The van der Waals surface area contributed by atoms with E-state index in [-0.39, 0.29) is 0 Å². The first kappa shape index (κ1) is 12.0. The Morgan fingerprint density at radius 1 is 1.22 bits per heavy atom. The zero-order chi connectivity index (χ0) is 13.2.